The summed E-state index contributed by atoms with van der Waals surface area (Å²) in [6.45, 7) is 0. The van der Waals surface area contributed by atoms with Gasteiger partial charge in [-0.15, -0.1) is 0 Å². The van der Waals surface area contributed by atoms with Crippen LogP contribution in [-0.4, -0.2) is 20.5 Å². The summed E-state index contributed by atoms with van der Waals surface area (Å²) in [5.74, 6) is -0.725. The first-order chi connectivity index (χ1) is 8.49. The number of nitrogens with two attached hydrogens (primary N) is 1. The van der Waals surface area contributed by atoms with E-state index in [-0.39, 0.29) is 17.0 Å². The van der Waals surface area contributed by atoms with Crippen LogP contribution in [0, 0.1) is 5.82 Å². The zero-order chi connectivity index (χ0) is 13.2. The fraction of sp³-hybridized carbons (Fsp3) is 0.500. The normalized spacial score (nSPS) is 25.0. The molecule has 0 radical (unpaired) electrons. The second-order valence-electron chi connectivity index (χ2n) is 4.66. The Balaban J connectivity index is 2.11. The molecule has 0 unspecified atom stereocenters. The molecule has 1 aliphatic carbocycles. The molecule has 100 valence electrons. The highest BCUT2D eigenvalue weighted by Crippen LogP contribution is 2.20. The quantitative estimate of drug-likeness (QED) is 0.873. The van der Waals surface area contributed by atoms with Gasteiger partial charge in [0.05, 0.1) is 0 Å². The average molecular weight is 272 g/mol. The Morgan fingerprint density at radius 3 is 2.39 bits per heavy atom. The number of hydrogen-bond acceptors (Lipinski definition) is 3. The first-order valence-corrected chi connectivity index (χ1v) is 7.50. The SMILES string of the molecule is NC1CCC(NS(=O)(=O)c2ccccc2F)CC1. The highest BCUT2D eigenvalue weighted by atomic mass is 32.2. The molecular formula is C12H17FN2O2S. The van der Waals surface area contributed by atoms with Crippen LogP contribution in [0.4, 0.5) is 4.39 Å². The second-order valence-corrected chi connectivity index (χ2v) is 6.35. The summed E-state index contributed by atoms with van der Waals surface area (Å²) in [6, 6.07) is 5.40. The van der Waals surface area contributed by atoms with Gasteiger partial charge in [-0.3, -0.25) is 0 Å². The maximum atomic E-state index is 13.5. The van der Waals surface area contributed by atoms with Crippen molar-refractivity contribution in [1.82, 2.24) is 4.72 Å². The summed E-state index contributed by atoms with van der Waals surface area (Å²) < 4.78 is 40.1. The topological polar surface area (TPSA) is 72.2 Å². The Kier molecular flexibility index (Phi) is 3.99. The van der Waals surface area contributed by atoms with Gasteiger partial charge in [-0.1, -0.05) is 12.1 Å². The summed E-state index contributed by atoms with van der Waals surface area (Å²) in [6.07, 6.45) is 3.00. The predicted molar refractivity (Wildman–Crippen MR) is 67.0 cm³/mol. The van der Waals surface area contributed by atoms with Crippen LogP contribution in [0.3, 0.4) is 0 Å². The third-order valence-corrected chi connectivity index (χ3v) is 4.77. The summed E-state index contributed by atoms with van der Waals surface area (Å²) in [7, 11) is -3.77. The van der Waals surface area contributed by atoms with Crippen molar-refractivity contribution in [2.45, 2.75) is 42.7 Å². The van der Waals surface area contributed by atoms with Crippen LogP contribution >= 0.6 is 0 Å². The standard InChI is InChI=1S/C12H17FN2O2S/c13-11-3-1-2-4-12(11)18(16,17)15-10-7-5-9(14)6-8-10/h1-4,9-10,15H,5-8,14H2. The van der Waals surface area contributed by atoms with E-state index in [1.165, 1.54) is 18.2 Å². The molecule has 1 fully saturated rings. The first kappa shape index (κ1) is 13.5. The molecule has 4 nitrogen and oxygen atoms in total. The van der Waals surface area contributed by atoms with Gasteiger partial charge in [0.2, 0.25) is 10.0 Å². The molecule has 0 atom stereocenters. The van der Waals surface area contributed by atoms with Crippen molar-refractivity contribution < 1.29 is 12.8 Å². The van der Waals surface area contributed by atoms with Crippen LogP contribution in [0.1, 0.15) is 25.7 Å². The van der Waals surface area contributed by atoms with Gasteiger partial charge in [0, 0.05) is 12.1 Å². The lowest BCUT2D eigenvalue weighted by Crippen LogP contribution is -2.40. The lowest BCUT2D eigenvalue weighted by Gasteiger charge is -2.26. The number of halogens is 1. The van der Waals surface area contributed by atoms with Gasteiger partial charge >= 0.3 is 0 Å². The fourth-order valence-electron chi connectivity index (χ4n) is 2.18. The van der Waals surface area contributed by atoms with Gasteiger partial charge in [-0.2, -0.15) is 0 Å². The smallest absolute Gasteiger partial charge is 0.243 e. The Hall–Kier alpha value is -0.980. The van der Waals surface area contributed by atoms with Crippen molar-refractivity contribution in [3.05, 3.63) is 30.1 Å². The molecule has 18 heavy (non-hydrogen) atoms. The van der Waals surface area contributed by atoms with Gasteiger partial charge in [-0.05, 0) is 37.8 Å². The summed E-state index contributed by atoms with van der Waals surface area (Å²) in [4.78, 5) is -0.292. The molecule has 0 bridgehead atoms. The van der Waals surface area contributed by atoms with Crippen LogP contribution in [0.2, 0.25) is 0 Å². The number of rotatable bonds is 3. The number of benzene rings is 1. The van der Waals surface area contributed by atoms with Crippen molar-refractivity contribution in [2.75, 3.05) is 0 Å². The van der Waals surface area contributed by atoms with Crippen molar-refractivity contribution in [1.29, 1.82) is 0 Å². The maximum Gasteiger partial charge on any atom is 0.243 e. The fourth-order valence-corrected chi connectivity index (χ4v) is 3.57. The van der Waals surface area contributed by atoms with Crippen LogP contribution < -0.4 is 10.5 Å². The molecule has 0 saturated heterocycles. The predicted octanol–water partition coefficient (Wildman–Crippen LogP) is 1.37. The largest absolute Gasteiger partial charge is 0.328 e. The van der Waals surface area contributed by atoms with E-state index in [0.717, 1.165) is 18.9 Å². The number of nitrogens with one attached hydrogen (secondary N) is 1. The minimum Gasteiger partial charge on any atom is -0.328 e. The zero-order valence-electron chi connectivity index (χ0n) is 9.97. The van der Waals surface area contributed by atoms with Gasteiger partial charge in [0.1, 0.15) is 10.7 Å². The lowest BCUT2D eigenvalue weighted by atomic mass is 9.93. The van der Waals surface area contributed by atoms with Gasteiger partial charge < -0.3 is 5.73 Å². The van der Waals surface area contributed by atoms with E-state index >= 15 is 0 Å². The summed E-state index contributed by atoms with van der Waals surface area (Å²) in [5, 5.41) is 0. The highest BCUT2D eigenvalue weighted by Gasteiger charge is 2.25. The first-order valence-electron chi connectivity index (χ1n) is 6.01. The zero-order valence-corrected chi connectivity index (χ0v) is 10.8. The summed E-state index contributed by atoms with van der Waals surface area (Å²) in [5.41, 5.74) is 5.76. The molecule has 2 rings (SSSR count). The third-order valence-electron chi connectivity index (χ3n) is 3.22. The molecular weight excluding hydrogens is 255 g/mol. The van der Waals surface area contributed by atoms with E-state index in [4.69, 9.17) is 5.73 Å². The average Bonchev–Trinajstić information content (AvgIpc) is 2.32. The van der Waals surface area contributed by atoms with Crippen molar-refractivity contribution in [3.8, 4) is 0 Å². The van der Waals surface area contributed by atoms with E-state index < -0.39 is 15.8 Å². The van der Waals surface area contributed by atoms with Gasteiger partial charge in [-0.25, -0.2) is 17.5 Å². The molecule has 1 aliphatic rings. The van der Waals surface area contributed by atoms with E-state index in [0.29, 0.717) is 12.8 Å². The van der Waals surface area contributed by atoms with Gasteiger partial charge in [0.15, 0.2) is 0 Å². The Morgan fingerprint density at radius 1 is 1.17 bits per heavy atom. The molecule has 6 heteroatoms. The number of sulfonamides is 1. The minimum absolute atomic E-state index is 0.144. The van der Waals surface area contributed by atoms with E-state index in [2.05, 4.69) is 4.72 Å². The molecule has 1 aromatic rings. The van der Waals surface area contributed by atoms with Crippen LogP contribution in [-0.2, 0) is 10.0 Å². The molecule has 1 aromatic carbocycles. The van der Waals surface area contributed by atoms with Crippen molar-refractivity contribution in [2.24, 2.45) is 5.73 Å². The number of hydrogen-bond donors (Lipinski definition) is 2. The minimum atomic E-state index is -3.77. The summed E-state index contributed by atoms with van der Waals surface area (Å²) >= 11 is 0. The monoisotopic (exact) mass is 272 g/mol. The van der Waals surface area contributed by atoms with E-state index in [1.54, 1.807) is 0 Å². The maximum absolute atomic E-state index is 13.5. The third kappa shape index (κ3) is 3.07. The van der Waals surface area contributed by atoms with Crippen LogP contribution in [0.25, 0.3) is 0 Å². The van der Waals surface area contributed by atoms with Gasteiger partial charge in [0.25, 0.3) is 0 Å². The molecule has 3 N–H and O–H groups in total. The molecule has 0 aromatic heterocycles. The Morgan fingerprint density at radius 2 is 1.78 bits per heavy atom. The highest BCUT2D eigenvalue weighted by molar-refractivity contribution is 7.89. The molecule has 0 spiro atoms. The Bertz CT molecular complexity index is 511. The van der Waals surface area contributed by atoms with Crippen LogP contribution in [0.15, 0.2) is 29.2 Å². The molecule has 0 heterocycles. The second kappa shape index (κ2) is 5.34. The Labute approximate surface area is 106 Å². The molecule has 0 aliphatic heterocycles. The van der Waals surface area contributed by atoms with Crippen molar-refractivity contribution >= 4 is 10.0 Å². The van der Waals surface area contributed by atoms with E-state index in [1.807, 2.05) is 0 Å². The molecule has 0 amide bonds. The van der Waals surface area contributed by atoms with E-state index in [9.17, 15) is 12.8 Å². The lowest BCUT2D eigenvalue weighted by molar-refractivity contribution is 0.373. The van der Waals surface area contributed by atoms with Crippen LogP contribution in [0.5, 0.6) is 0 Å². The van der Waals surface area contributed by atoms with Crippen molar-refractivity contribution in [3.63, 3.8) is 0 Å². The molecule has 1 saturated carbocycles.